The molecule has 0 bridgehead atoms. The average Bonchev–Trinajstić information content (AvgIpc) is 2.70. The van der Waals surface area contributed by atoms with Crippen molar-refractivity contribution >= 4 is 5.78 Å². The molecule has 5 atom stereocenters. The van der Waals surface area contributed by atoms with Gasteiger partial charge in [-0.15, -0.1) is 0 Å². The molecule has 0 aromatic heterocycles. The number of aliphatic hydroxyl groups is 5. The number of hydrogen-bond acceptors (Lipinski definition) is 9. The van der Waals surface area contributed by atoms with Crippen LogP contribution in [0.1, 0.15) is 45.0 Å². The smallest absolute Gasteiger partial charge is 0.201 e. The lowest BCUT2D eigenvalue weighted by Crippen LogP contribution is -2.58. The van der Waals surface area contributed by atoms with Crippen LogP contribution in [-0.2, 0) is 11.3 Å². The molecule has 1 fully saturated rings. The first kappa shape index (κ1) is 20.7. The number of benzene rings is 2. The topological polar surface area (TPSA) is 168 Å². The van der Waals surface area contributed by atoms with Crippen molar-refractivity contribution in [3.05, 3.63) is 58.1 Å². The third-order valence-electron chi connectivity index (χ3n) is 5.80. The van der Waals surface area contributed by atoms with Gasteiger partial charge in [-0.3, -0.25) is 4.79 Å². The second-order valence-corrected chi connectivity index (χ2v) is 7.69. The van der Waals surface area contributed by atoms with Crippen molar-refractivity contribution in [3.63, 3.8) is 0 Å². The molecule has 2 aromatic carbocycles. The van der Waals surface area contributed by atoms with Crippen molar-refractivity contribution in [2.24, 2.45) is 0 Å². The van der Waals surface area contributed by atoms with Crippen molar-refractivity contribution in [1.82, 2.24) is 0 Å². The maximum Gasteiger partial charge on any atom is 0.201 e. The van der Waals surface area contributed by atoms with Crippen LogP contribution in [-0.4, -0.2) is 72.2 Å². The summed E-state index contributed by atoms with van der Waals surface area (Å²) in [5.74, 6) is -4.86. The molecule has 7 N–H and O–H groups in total. The number of fused-ring (bicyclic) bond motifs is 2. The van der Waals surface area contributed by atoms with Gasteiger partial charge in [0.25, 0.3) is 0 Å². The highest BCUT2D eigenvalue weighted by Gasteiger charge is 2.53. The first-order chi connectivity index (χ1) is 14.2. The van der Waals surface area contributed by atoms with Crippen LogP contribution in [0.2, 0.25) is 0 Å². The fourth-order valence-electron chi connectivity index (χ4n) is 4.48. The van der Waals surface area contributed by atoms with Crippen LogP contribution in [0.4, 0.5) is 0 Å². The van der Waals surface area contributed by atoms with Crippen molar-refractivity contribution in [2.75, 3.05) is 6.61 Å². The second kappa shape index (κ2) is 7.31. The molecule has 4 rings (SSSR count). The van der Waals surface area contributed by atoms with E-state index in [1.807, 2.05) is 0 Å². The summed E-state index contributed by atoms with van der Waals surface area (Å²) in [5.41, 5.74) is 0.269. The molecular formula is C21H22O9. The monoisotopic (exact) mass is 418 g/mol. The van der Waals surface area contributed by atoms with Gasteiger partial charge in [-0.05, 0) is 28.8 Å². The van der Waals surface area contributed by atoms with E-state index in [1.165, 1.54) is 30.3 Å². The van der Waals surface area contributed by atoms with Crippen LogP contribution in [0.3, 0.4) is 0 Å². The third kappa shape index (κ3) is 2.99. The van der Waals surface area contributed by atoms with Gasteiger partial charge >= 0.3 is 0 Å². The van der Waals surface area contributed by atoms with Crippen LogP contribution >= 0.6 is 0 Å². The minimum Gasteiger partial charge on any atom is -0.507 e. The van der Waals surface area contributed by atoms with Crippen molar-refractivity contribution in [2.45, 2.75) is 43.0 Å². The minimum atomic E-state index is -2.20. The van der Waals surface area contributed by atoms with Crippen molar-refractivity contribution < 1.29 is 45.3 Å². The third-order valence-corrected chi connectivity index (χ3v) is 5.80. The number of ether oxygens (including phenoxy) is 1. The standard InChI is InChI=1S/C21H22O9/c22-7-9-4-11-17(13(25)5-9)20(28)16-10(2-1-3-12(16)24)18(11)21(29)6-14(26)19(27)15(8-23)30-21/h1-5,14-15,18-19,22-27,29H,6-8H2. The van der Waals surface area contributed by atoms with Gasteiger partial charge in [0.05, 0.1) is 36.4 Å². The molecule has 1 aliphatic carbocycles. The summed E-state index contributed by atoms with van der Waals surface area (Å²) in [6.07, 6.45) is -4.67. The lowest BCUT2D eigenvalue weighted by molar-refractivity contribution is -0.310. The maximum atomic E-state index is 13.1. The van der Waals surface area contributed by atoms with Gasteiger partial charge < -0.3 is 40.5 Å². The Bertz CT molecular complexity index is 1000. The van der Waals surface area contributed by atoms with Gasteiger partial charge in [0.15, 0.2) is 5.79 Å². The quantitative estimate of drug-likeness (QED) is 0.346. The summed E-state index contributed by atoms with van der Waals surface area (Å²) in [7, 11) is 0. The van der Waals surface area contributed by atoms with Crippen LogP contribution in [0.15, 0.2) is 30.3 Å². The second-order valence-electron chi connectivity index (χ2n) is 7.69. The van der Waals surface area contributed by atoms with Gasteiger partial charge in [-0.1, -0.05) is 18.2 Å². The van der Waals surface area contributed by atoms with Gasteiger partial charge in [-0.2, -0.15) is 0 Å². The van der Waals surface area contributed by atoms with E-state index in [4.69, 9.17) is 4.74 Å². The molecule has 0 radical (unpaired) electrons. The molecule has 1 aliphatic heterocycles. The highest BCUT2D eigenvalue weighted by molar-refractivity contribution is 6.16. The number of rotatable bonds is 3. The SMILES string of the molecule is O=C1c2c(O)cccc2C(C2(O)CC(O)C(O)C(CO)O2)c2cc(CO)cc(O)c21. The molecule has 5 unspecified atom stereocenters. The average molecular weight is 418 g/mol. The van der Waals surface area contributed by atoms with E-state index in [2.05, 4.69) is 0 Å². The Balaban J connectivity index is 1.98. The number of carbonyl (C=O) groups is 1. The zero-order chi connectivity index (χ0) is 21.8. The van der Waals surface area contributed by atoms with Crippen LogP contribution in [0, 0.1) is 0 Å². The largest absolute Gasteiger partial charge is 0.507 e. The Kier molecular flexibility index (Phi) is 5.05. The fourth-order valence-corrected chi connectivity index (χ4v) is 4.48. The molecular weight excluding hydrogens is 396 g/mol. The molecule has 9 heteroatoms. The lowest BCUT2D eigenvalue weighted by atomic mass is 9.70. The Labute approximate surface area is 171 Å². The number of hydrogen-bond donors (Lipinski definition) is 7. The molecule has 1 saturated heterocycles. The molecule has 0 amide bonds. The number of aliphatic hydroxyl groups excluding tert-OH is 4. The Morgan fingerprint density at radius 2 is 1.73 bits per heavy atom. The first-order valence-electron chi connectivity index (χ1n) is 9.42. The summed E-state index contributed by atoms with van der Waals surface area (Å²) in [5, 5.41) is 71.7. The fraction of sp³-hybridized carbons (Fsp3) is 0.381. The number of ketones is 1. The number of aromatic hydroxyl groups is 2. The van der Waals surface area contributed by atoms with E-state index < -0.39 is 61.2 Å². The molecule has 160 valence electrons. The molecule has 2 aliphatic rings. The summed E-state index contributed by atoms with van der Waals surface area (Å²) < 4.78 is 5.61. The van der Waals surface area contributed by atoms with Gasteiger partial charge in [-0.25, -0.2) is 0 Å². The zero-order valence-electron chi connectivity index (χ0n) is 15.8. The minimum absolute atomic E-state index is 0.130. The summed E-state index contributed by atoms with van der Waals surface area (Å²) >= 11 is 0. The summed E-state index contributed by atoms with van der Waals surface area (Å²) in [4.78, 5) is 13.1. The van der Waals surface area contributed by atoms with E-state index >= 15 is 0 Å². The zero-order valence-corrected chi connectivity index (χ0v) is 15.8. The Morgan fingerprint density at radius 1 is 1.03 bits per heavy atom. The van der Waals surface area contributed by atoms with E-state index in [9.17, 15) is 40.5 Å². The molecule has 30 heavy (non-hydrogen) atoms. The first-order valence-corrected chi connectivity index (χ1v) is 9.42. The molecule has 1 heterocycles. The van der Waals surface area contributed by atoms with Crippen LogP contribution in [0.25, 0.3) is 0 Å². The molecule has 2 aromatic rings. The van der Waals surface area contributed by atoms with Gasteiger partial charge in [0, 0.05) is 6.42 Å². The highest BCUT2D eigenvalue weighted by atomic mass is 16.6. The molecule has 9 nitrogen and oxygen atoms in total. The maximum absolute atomic E-state index is 13.1. The van der Waals surface area contributed by atoms with Crippen LogP contribution < -0.4 is 0 Å². The summed E-state index contributed by atoms with van der Waals surface area (Å²) in [6.45, 7) is -1.14. The summed E-state index contributed by atoms with van der Waals surface area (Å²) in [6, 6.07) is 6.89. The Morgan fingerprint density at radius 3 is 2.40 bits per heavy atom. The molecule has 0 spiro atoms. The highest BCUT2D eigenvalue weighted by Crippen LogP contribution is 2.51. The van der Waals surface area contributed by atoms with Gasteiger partial charge in [0.2, 0.25) is 5.78 Å². The predicted octanol–water partition coefficient (Wildman–Crippen LogP) is -0.542. The van der Waals surface area contributed by atoms with E-state index in [1.54, 1.807) is 0 Å². The predicted molar refractivity (Wildman–Crippen MR) is 101 cm³/mol. The van der Waals surface area contributed by atoms with Crippen LogP contribution in [0.5, 0.6) is 11.5 Å². The van der Waals surface area contributed by atoms with Gasteiger partial charge in [0.1, 0.15) is 23.7 Å². The lowest BCUT2D eigenvalue weighted by Gasteiger charge is -2.47. The normalized spacial score (nSPS) is 30.6. The Hall–Kier alpha value is -2.53. The van der Waals surface area contributed by atoms with E-state index in [-0.39, 0.29) is 33.6 Å². The number of phenolic OH excluding ortho intramolecular Hbond substituents is 2. The number of carbonyl (C=O) groups excluding carboxylic acids is 1. The number of phenols is 2. The van der Waals surface area contributed by atoms with E-state index in [0.717, 1.165) is 0 Å². The van der Waals surface area contributed by atoms with Crippen molar-refractivity contribution in [3.8, 4) is 11.5 Å². The van der Waals surface area contributed by atoms with E-state index in [0.29, 0.717) is 0 Å². The van der Waals surface area contributed by atoms with Crippen molar-refractivity contribution in [1.29, 1.82) is 0 Å². The molecule has 0 saturated carbocycles.